The van der Waals surface area contributed by atoms with Gasteiger partial charge in [-0.2, -0.15) is 0 Å². The molecular weight excluding hydrogens is 414 g/mol. The number of amides is 1. The molecule has 0 fully saturated rings. The number of pyridine rings is 1. The average molecular weight is 442 g/mol. The maximum absolute atomic E-state index is 12.8. The Balaban J connectivity index is 1.28. The number of hydrogen-bond donors (Lipinski definition) is 1. The molecule has 3 heterocycles. The third-order valence-electron chi connectivity index (χ3n) is 6.06. The van der Waals surface area contributed by atoms with Crippen molar-refractivity contribution in [3.63, 3.8) is 0 Å². The van der Waals surface area contributed by atoms with Crippen molar-refractivity contribution in [1.29, 1.82) is 0 Å². The Morgan fingerprint density at radius 3 is 2.79 bits per heavy atom. The molecular formula is C26H27N5O2. The minimum atomic E-state index is -0.221. The first-order valence-corrected chi connectivity index (χ1v) is 11.1. The smallest absolute Gasteiger partial charge is 0.262 e. The van der Waals surface area contributed by atoms with Crippen molar-refractivity contribution >= 4 is 28.3 Å². The molecule has 0 saturated heterocycles. The Kier molecular flexibility index (Phi) is 5.46. The molecule has 0 spiro atoms. The van der Waals surface area contributed by atoms with E-state index in [2.05, 4.69) is 50.6 Å². The van der Waals surface area contributed by atoms with Crippen molar-refractivity contribution in [2.24, 2.45) is 7.05 Å². The van der Waals surface area contributed by atoms with Crippen LogP contribution in [0.3, 0.4) is 0 Å². The molecule has 0 unspecified atom stereocenters. The summed E-state index contributed by atoms with van der Waals surface area (Å²) >= 11 is 0. The summed E-state index contributed by atoms with van der Waals surface area (Å²) in [6, 6.07) is 18.4. The summed E-state index contributed by atoms with van der Waals surface area (Å²) in [5, 5.41) is 8.28. The van der Waals surface area contributed by atoms with E-state index in [-0.39, 0.29) is 12.5 Å². The zero-order valence-electron chi connectivity index (χ0n) is 19.1. The fourth-order valence-electron chi connectivity index (χ4n) is 4.53. The number of para-hydroxylation sites is 2. The number of carbonyl (C=O) groups excluding carboxylic acids is 1. The number of rotatable bonds is 6. The third-order valence-corrected chi connectivity index (χ3v) is 6.06. The van der Waals surface area contributed by atoms with Crippen LogP contribution in [0.1, 0.15) is 22.4 Å². The van der Waals surface area contributed by atoms with Crippen LogP contribution < -0.4 is 15.0 Å². The highest BCUT2D eigenvalue weighted by molar-refractivity contribution is 5.93. The quantitative estimate of drug-likeness (QED) is 0.486. The molecule has 1 aliphatic rings. The summed E-state index contributed by atoms with van der Waals surface area (Å²) in [6.07, 6.45) is 1.05. The van der Waals surface area contributed by atoms with Crippen molar-refractivity contribution in [3.05, 3.63) is 77.0 Å². The normalized spacial score (nSPS) is 12.8. The number of anilines is 2. The lowest BCUT2D eigenvalue weighted by molar-refractivity contribution is -0.118. The Hall–Kier alpha value is -3.87. The van der Waals surface area contributed by atoms with E-state index in [9.17, 15) is 4.79 Å². The first kappa shape index (κ1) is 21.0. The number of nitrogens with one attached hydrogen (secondary N) is 1. The summed E-state index contributed by atoms with van der Waals surface area (Å²) < 4.78 is 7.51. The lowest BCUT2D eigenvalue weighted by Crippen LogP contribution is -2.24. The molecule has 1 aliphatic heterocycles. The number of ether oxygens (including phenoxy) is 1. The maximum Gasteiger partial charge on any atom is 0.262 e. The van der Waals surface area contributed by atoms with Crippen molar-refractivity contribution in [2.75, 3.05) is 23.4 Å². The van der Waals surface area contributed by atoms with Crippen LogP contribution in [0, 0.1) is 13.8 Å². The Labute approximate surface area is 193 Å². The van der Waals surface area contributed by atoms with Crippen molar-refractivity contribution in [2.45, 2.75) is 26.8 Å². The summed E-state index contributed by atoms with van der Waals surface area (Å²) in [6.45, 7) is 5.54. The zero-order valence-corrected chi connectivity index (χ0v) is 19.1. The lowest BCUT2D eigenvalue weighted by Gasteiger charge is -2.21. The Bertz CT molecular complexity index is 1340. The predicted molar refractivity (Wildman–Crippen MR) is 130 cm³/mol. The van der Waals surface area contributed by atoms with Crippen molar-refractivity contribution in [3.8, 4) is 5.88 Å². The van der Waals surface area contributed by atoms with Gasteiger partial charge in [0.1, 0.15) is 0 Å². The van der Waals surface area contributed by atoms with Gasteiger partial charge in [0.2, 0.25) is 5.88 Å². The van der Waals surface area contributed by atoms with Gasteiger partial charge in [-0.15, -0.1) is 5.10 Å². The highest BCUT2D eigenvalue weighted by Crippen LogP contribution is 2.30. The van der Waals surface area contributed by atoms with Crippen LogP contribution in [-0.2, 0) is 24.8 Å². The van der Waals surface area contributed by atoms with Gasteiger partial charge in [0.05, 0.1) is 5.39 Å². The molecule has 0 aliphatic carbocycles. The third kappa shape index (κ3) is 4.14. The molecule has 7 heteroatoms. The zero-order chi connectivity index (χ0) is 22.9. The molecule has 4 aromatic rings. The van der Waals surface area contributed by atoms with Crippen molar-refractivity contribution < 1.29 is 9.53 Å². The molecule has 7 nitrogen and oxygen atoms in total. The van der Waals surface area contributed by atoms with E-state index in [1.807, 2.05) is 45.2 Å². The van der Waals surface area contributed by atoms with Crippen LogP contribution in [0.25, 0.3) is 11.0 Å². The number of aromatic nitrogens is 3. The molecule has 5 rings (SSSR count). The fraction of sp³-hybridized carbons (Fsp3) is 0.269. The second-order valence-corrected chi connectivity index (χ2v) is 8.50. The topological polar surface area (TPSA) is 72.3 Å². The van der Waals surface area contributed by atoms with Crippen LogP contribution in [0.5, 0.6) is 5.88 Å². The van der Waals surface area contributed by atoms with Gasteiger partial charge in [-0.05, 0) is 55.2 Å². The molecule has 2 aromatic heterocycles. The number of nitrogens with zero attached hydrogens (tertiary/aromatic N) is 4. The first-order chi connectivity index (χ1) is 16.0. The van der Waals surface area contributed by atoms with E-state index in [0.29, 0.717) is 5.88 Å². The van der Waals surface area contributed by atoms with E-state index in [4.69, 9.17) is 4.74 Å². The molecule has 0 saturated carbocycles. The van der Waals surface area contributed by atoms with Gasteiger partial charge in [-0.3, -0.25) is 4.79 Å². The molecule has 1 amide bonds. The van der Waals surface area contributed by atoms with Gasteiger partial charge in [0.25, 0.3) is 5.91 Å². The second-order valence-electron chi connectivity index (χ2n) is 8.50. The SMILES string of the molecule is Cc1cc(C)c2c(OCC(=O)Nc3ccccc3CN3CCc4ccccc43)nn(C)c2n1. The number of hydrogen-bond acceptors (Lipinski definition) is 5. The van der Waals surface area contributed by atoms with Crippen LogP contribution in [0.15, 0.2) is 54.6 Å². The molecule has 0 atom stereocenters. The van der Waals surface area contributed by atoms with Gasteiger partial charge in [-0.25, -0.2) is 9.67 Å². The maximum atomic E-state index is 12.8. The minimum Gasteiger partial charge on any atom is -0.466 e. The molecule has 0 radical (unpaired) electrons. The Morgan fingerprint density at radius 2 is 1.91 bits per heavy atom. The molecule has 33 heavy (non-hydrogen) atoms. The predicted octanol–water partition coefficient (Wildman–Crippen LogP) is 4.17. The van der Waals surface area contributed by atoms with Gasteiger partial charge >= 0.3 is 0 Å². The Morgan fingerprint density at radius 1 is 1.12 bits per heavy atom. The lowest BCUT2D eigenvalue weighted by atomic mass is 10.1. The fourth-order valence-corrected chi connectivity index (χ4v) is 4.53. The van der Waals surface area contributed by atoms with E-state index in [0.717, 1.165) is 53.1 Å². The second kappa shape index (κ2) is 8.58. The van der Waals surface area contributed by atoms with Crippen LogP contribution in [-0.4, -0.2) is 33.8 Å². The van der Waals surface area contributed by atoms with E-state index in [1.54, 1.807) is 4.68 Å². The van der Waals surface area contributed by atoms with Crippen LogP contribution in [0.4, 0.5) is 11.4 Å². The highest BCUT2D eigenvalue weighted by atomic mass is 16.5. The van der Waals surface area contributed by atoms with Gasteiger partial charge in [0.15, 0.2) is 12.3 Å². The number of benzene rings is 2. The van der Waals surface area contributed by atoms with Gasteiger partial charge < -0.3 is 15.0 Å². The molecule has 1 N–H and O–H groups in total. The summed E-state index contributed by atoms with van der Waals surface area (Å²) in [5.74, 6) is 0.204. The van der Waals surface area contributed by atoms with Crippen LogP contribution in [0.2, 0.25) is 0 Å². The van der Waals surface area contributed by atoms with Gasteiger partial charge in [0, 0.05) is 37.2 Å². The summed E-state index contributed by atoms with van der Waals surface area (Å²) in [7, 11) is 1.83. The monoisotopic (exact) mass is 441 g/mol. The number of carbonyl (C=O) groups is 1. The summed E-state index contributed by atoms with van der Waals surface area (Å²) in [5.41, 5.74) is 7.20. The summed E-state index contributed by atoms with van der Waals surface area (Å²) in [4.78, 5) is 19.7. The van der Waals surface area contributed by atoms with Gasteiger partial charge in [-0.1, -0.05) is 36.4 Å². The average Bonchev–Trinajstić information content (AvgIpc) is 3.35. The van der Waals surface area contributed by atoms with Crippen LogP contribution >= 0.6 is 0 Å². The highest BCUT2D eigenvalue weighted by Gasteiger charge is 2.20. The molecule has 2 aromatic carbocycles. The largest absolute Gasteiger partial charge is 0.466 e. The first-order valence-electron chi connectivity index (χ1n) is 11.1. The van der Waals surface area contributed by atoms with E-state index in [1.165, 1.54) is 11.3 Å². The van der Waals surface area contributed by atoms with E-state index >= 15 is 0 Å². The number of fused-ring (bicyclic) bond motifs is 2. The standard InChI is InChI=1S/C26H27N5O2/c1-17-14-18(2)27-25-24(17)26(29-30(25)3)33-16-23(32)28-21-10-6-4-9-20(21)15-31-13-12-19-8-5-7-11-22(19)31/h4-11,14H,12-13,15-16H2,1-3H3,(H,28,32). The minimum absolute atomic E-state index is 0.125. The number of aryl methyl sites for hydroxylation is 3. The van der Waals surface area contributed by atoms with E-state index < -0.39 is 0 Å². The molecule has 0 bridgehead atoms. The molecule has 168 valence electrons. The van der Waals surface area contributed by atoms with Crippen molar-refractivity contribution in [1.82, 2.24) is 14.8 Å².